The molecule has 0 radical (unpaired) electrons. The summed E-state index contributed by atoms with van der Waals surface area (Å²) in [6, 6.07) is 0. The summed E-state index contributed by atoms with van der Waals surface area (Å²) in [5.74, 6) is 1.38. The van der Waals surface area contributed by atoms with E-state index in [0.29, 0.717) is 40.4 Å². The van der Waals surface area contributed by atoms with E-state index in [-0.39, 0.29) is 6.79 Å². The first kappa shape index (κ1) is 15.1. The van der Waals surface area contributed by atoms with Gasteiger partial charge in [0.05, 0.1) is 26.9 Å². The minimum atomic E-state index is 0.0327. The molecular formula is C13H18O6. The Morgan fingerprint density at radius 3 is 1.84 bits per heavy atom. The Morgan fingerprint density at radius 1 is 0.895 bits per heavy atom. The standard InChI is InChI=1S/C13H18O6/c1-8-9(6-14)11(16-3)13(18-5)12(17-4)10(8)19-7-15-2/h6H,7H2,1-5H3. The fraction of sp³-hybridized carbons (Fsp3) is 0.462. The van der Waals surface area contributed by atoms with Gasteiger partial charge in [-0.05, 0) is 6.92 Å². The molecule has 0 saturated heterocycles. The summed E-state index contributed by atoms with van der Waals surface area (Å²) in [5, 5.41) is 0. The summed E-state index contributed by atoms with van der Waals surface area (Å²) in [4.78, 5) is 11.2. The van der Waals surface area contributed by atoms with Gasteiger partial charge in [0.25, 0.3) is 0 Å². The first-order valence-electron chi connectivity index (χ1n) is 5.55. The zero-order valence-electron chi connectivity index (χ0n) is 11.7. The number of carbonyl (C=O) groups excluding carboxylic acids is 1. The lowest BCUT2D eigenvalue weighted by molar-refractivity contribution is 0.0481. The third-order valence-corrected chi connectivity index (χ3v) is 2.66. The highest BCUT2D eigenvalue weighted by atomic mass is 16.7. The van der Waals surface area contributed by atoms with Crippen LogP contribution in [-0.2, 0) is 4.74 Å². The lowest BCUT2D eigenvalue weighted by Gasteiger charge is -2.20. The van der Waals surface area contributed by atoms with E-state index in [1.54, 1.807) is 6.92 Å². The van der Waals surface area contributed by atoms with Gasteiger partial charge in [0.15, 0.2) is 24.6 Å². The normalized spacial score (nSPS) is 9.95. The lowest BCUT2D eigenvalue weighted by Crippen LogP contribution is -2.07. The van der Waals surface area contributed by atoms with E-state index in [1.165, 1.54) is 28.4 Å². The van der Waals surface area contributed by atoms with Gasteiger partial charge in [-0.3, -0.25) is 4.79 Å². The van der Waals surface area contributed by atoms with E-state index in [2.05, 4.69) is 0 Å². The van der Waals surface area contributed by atoms with Gasteiger partial charge in [0.2, 0.25) is 11.5 Å². The van der Waals surface area contributed by atoms with Gasteiger partial charge in [-0.1, -0.05) is 0 Å². The molecule has 0 atom stereocenters. The Hall–Kier alpha value is -1.95. The smallest absolute Gasteiger partial charge is 0.208 e. The predicted octanol–water partition coefficient (Wildman–Crippen LogP) is 1.82. The van der Waals surface area contributed by atoms with Crippen molar-refractivity contribution < 1.29 is 28.5 Å². The average Bonchev–Trinajstić information content (AvgIpc) is 2.44. The molecule has 6 nitrogen and oxygen atoms in total. The predicted molar refractivity (Wildman–Crippen MR) is 68.7 cm³/mol. The molecular weight excluding hydrogens is 252 g/mol. The number of aldehydes is 1. The number of carbonyl (C=O) groups is 1. The topological polar surface area (TPSA) is 63.2 Å². The van der Waals surface area contributed by atoms with Crippen LogP contribution < -0.4 is 18.9 Å². The van der Waals surface area contributed by atoms with Gasteiger partial charge in [-0.2, -0.15) is 0 Å². The zero-order chi connectivity index (χ0) is 14.4. The maximum atomic E-state index is 11.2. The van der Waals surface area contributed by atoms with Crippen molar-refractivity contribution in [2.45, 2.75) is 6.92 Å². The molecule has 0 bridgehead atoms. The molecule has 1 rings (SSSR count). The van der Waals surface area contributed by atoms with Crippen molar-refractivity contribution in [3.8, 4) is 23.0 Å². The fourth-order valence-corrected chi connectivity index (χ4v) is 1.80. The second-order valence-corrected chi connectivity index (χ2v) is 3.64. The first-order valence-corrected chi connectivity index (χ1v) is 5.55. The van der Waals surface area contributed by atoms with E-state index in [4.69, 9.17) is 23.7 Å². The minimum Gasteiger partial charge on any atom is -0.492 e. The number of methoxy groups -OCH3 is 4. The van der Waals surface area contributed by atoms with Crippen molar-refractivity contribution in [2.75, 3.05) is 35.2 Å². The molecule has 0 aliphatic rings. The summed E-state index contributed by atoms with van der Waals surface area (Å²) in [7, 11) is 5.91. The average molecular weight is 270 g/mol. The highest BCUT2D eigenvalue weighted by Gasteiger charge is 2.25. The fourth-order valence-electron chi connectivity index (χ4n) is 1.80. The Morgan fingerprint density at radius 2 is 1.42 bits per heavy atom. The maximum absolute atomic E-state index is 11.2. The van der Waals surface area contributed by atoms with Crippen molar-refractivity contribution in [1.82, 2.24) is 0 Å². The maximum Gasteiger partial charge on any atom is 0.208 e. The lowest BCUT2D eigenvalue weighted by atomic mass is 10.1. The van der Waals surface area contributed by atoms with Gasteiger partial charge in [-0.25, -0.2) is 0 Å². The number of ether oxygens (including phenoxy) is 5. The van der Waals surface area contributed by atoms with Gasteiger partial charge in [-0.15, -0.1) is 0 Å². The van der Waals surface area contributed by atoms with E-state index < -0.39 is 0 Å². The Bertz CT molecular complexity index is 455. The van der Waals surface area contributed by atoms with Crippen LogP contribution in [0.1, 0.15) is 15.9 Å². The van der Waals surface area contributed by atoms with Gasteiger partial charge < -0.3 is 23.7 Å². The summed E-state index contributed by atoms with van der Waals surface area (Å²) in [6.45, 7) is 1.77. The van der Waals surface area contributed by atoms with Gasteiger partial charge in [0, 0.05) is 12.7 Å². The molecule has 0 aromatic heterocycles. The van der Waals surface area contributed by atoms with Crippen molar-refractivity contribution in [3.05, 3.63) is 11.1 Å². The number of hydrogen-bond donors (Lipinski definition) is 0. The van der Waals surface area contributed by atoms with Crippen LogP contribution in [-0.4, -0.2) is 41.5 Å². The number of rotatable bonds is 7. The van der Waals surface area contributed by atoms with Crippen LogP contribution in [0, 0.1) is 6.92 Å². The second-order valence-electron chi connectivity index (χ2n) is 3.64. The monoisotopic (exact) mass is 270 g/mol. The molecule has 6 heteroatoms. The van der Waals surface area contributed by atoms with Crippen molar-refractivity contribution >= 4 is 6.29 Å². The molecule has 0 N–H and O–H groups in total. The molecule has 1 aromatic rings. The van der Waals surface area contributed by atoms with Crippen molar-refractivity contribution in [1.29, 1.82) is 0 Å². The Balaban J connectivity index is 3.56. The van der Waals surface area contributed by atoms with E-state index in [9.17, 15) is 4.79 Å². The highest BCUT2D eigenvalue weighted by molar-refractivity contribution is 5.87. The molecule has 0 aliphatic carbocycles. The molecule has 0 saturated carbocycles. The molecule has 1 aromatic carbocycles. The van der Waals surface area contributed by atoms with Crippen LogP contribution in [0.15, 0.2) is 0 Å². The Labute approximate surface area is 112 Å². The molecule has 106 valence electrons. The quantitative estimate of drug-likeness (QED) is 0.556. The van der Waals surface area contributed by atoms with Crippen LogP contribution in [0.3, 0.4) is 0 Å². The SMILES string of the molecule is COCOc1c(C)c(C=O)c(OC)c(OC)c1OC. The van der Waals surface area contributed by atoms with Gasteiger partial charge in [0.1, 0.15) is 0 Å². The largest absolute Gasteiger partial charge is 0.492 e. The van der Waals surface area contributed by atoms with Crippen LogP contribution in [0.25, 0.3) is 0 Å². The van der Waals surface area contributed by atoms with Crippen molar-refractivity contribution in [2.24, 2.45) is 0 Å². The van der Waals surface area contributed by atoms with E-state index in [1.807, 2.05) is 0 Å². The summed E-state index contributed by atoms with van der Waals surface area (Å²) in [6.07, 6.45) is 0.690. The van der Waals surface area contributed by atoms with Crippen LogP contribution in [0.5, 0.6) is 23.0 Å². The second kappa shape index (κ2) is 6.84. The molecule has 0 heterocycles. The molecule has 0 unspecified atom stereocenters. The molecule has 0 amide bonds. The van der Waals surface area contributed by atoms with E-state index in [0.717, 1.165) is 0 Å². The first-order chi connectivity index (χ1) is 9.15. The zero-order valence-corrected chi connectivity index (χ0v) is 11.7. The van der Waals surface area contributed by atoms with Crippen LogP contribution >= 0.6 is 0 Å². The number of hydrogen-bond acceptors (Lipinski definition) is 6. The Kier molecular flexibility index (Phi) is 5.44. The van der Waals surface area contributed by atoms with Crippen LogP contribution in [0.4, 0.5) is 0 Å². The van der Waals surface area contributed by atoms with Gasteiger partial charge >= 0.3 is 0 Å². The third-order valence-electron chi connectivity index (χ3n) is 2.66. The summed E-state index contributed by atoms with van der Waals surface area (Å²) >= 11 is 0. The minimum absolute atomic E-state index is 0.0327. The third kappa shape index (κ3) is 2.73. The molecule has 0 spiro atoms. The summed E-state index contributed by atoms with van der Waals surface area (Å²) < 4.78 is 26.1. The number of benzene rings is 1. The van der Waals surface area contributed by atoms with Crippen LogP contribution in [0.2, 0.25) is 0 Å². The highest BCUT2D eigenvalue weighted by Crippen LogP contribution is 2.48. The van der Waals surface area contributed by atoms with Crippen molar-refractivity contribution in [3.63, 3.8) is 0 Å². The van der Waals surface area contributed by atoms with E-state index >= 15 is 0 Å². The summed E-state index contributed by atoms with van der Waals surface area (Å²) in [5.41, 5.74) is 0.952. The molecule has 0 fully saturated rings. The molecule has 19 heavy (non-hydrogen) atoms. The molecule has 0 aliphatic heterocycles.